The second kappa shape index (κ2) is 9.77. The fourth-order valence-corrected chi connectivity index (χ4v) is 3.98. The van der Waals surface area contributed by atoms with Crippen LogP contribution >= 0.6 is 0 Å². The number of amides is 2. The largest absolute Gasteiger partial charge is 0.394 e. The van der Waals surface area contributed by atoms with Crippen LogP contribution in [0.15, 0.2) is 78.9 Å². The lowest BCUT2D eigenvalue weighted by Gasteiger charge is -2.40. The van der Waals surface area contributed by atoms with Crippen LogP contribution in [0.3, 0.4) is 0 Å². The third kappa shape index (κ3) is 4.72. The second-order valence-corrected chi connectivity index (χ2v) is 7.88. The lowest BCUT2D eigenvalue weighted by atomic mass is 9.98. The van der Waals surface area contributed by atoms with Gasteiger partial charge in [0.25, 0.3) is 5.91 Å². The molecule has 6 nitrogen and oxygen atoms in total. The maximum atomic E-state index is 12.6. The van der Waals surface area contributed by atoms with Crippen molar-refractivity contribution in [2.75, 3.05) is 18.5 Å². The Labute approximate surface area is 187 Å². The third-order valence-corrected chi connectivity index (χ3v) is 5.73. The molecule has 2 N–H and O–H groups in total. The third-order valence-electron chi connectivity index (χ3n) is 5.73. The number of aliphatic hydroxyl groups is 1. The van der Waals surface area contributed by atoms with Crippen molar-refractivity contribution >= 4 is 17.5 Å². The highest BCUT2D eigenvalue weighted by Gasteiger charge is 2.37. The molecular formula is C26H26N2O4. The van der Waals surface area contributed by atoms with Crippen molar-refractivity contribution in [1.29, 1.82) is 0 Å². The molecule has 2 amide bonds. The SMILES string of the molecule is Cc1ccccc1C(=O)Nc1ccc(C2OCC(=O)N(Cc3ccccc3)C2CO)cc1. The Kier molecular flexibility index (Phi) is 6.63. The Bertz CT molecular complexity index is 1080. The first kappa shape index (κ1) is 21.7. The van der Waals surface area contributed by atoms with Crippen molar-refractivity contribution in [3.05, 3.63) is 101 Å². The molecule has 3 aromatic rings. The molecule has 1 aliphatic rings. The van der Waals surface area contributed by atoms with E-state index in [4.69, 9.17) is 4.74 Å². The van der Waals surface area contributed by atoms with Gasteiger partial charge in [0.15, 0.2) is 0 Å². The Morgan fingerprint density at radius 3 is 2.41 bits per heavy atom. The number of carbonyl (C=O) groups excluding carboxylic acids is 2. The maximum Gasteiger partial charge on any atom is 0.255 e. The second-order valence-electron chi connectivity index (χ2n) is 7.88. The van der Waals surface area contributed by atoms with Crippen molar-refractivity contribution in [3.8, 4) is 0 Å². The van der Waals surface area contributed by atoms with Gasteiger partial charge in [0, 0.05) is 17.8 Å². The van der Waals surface area contributed by atoms with Gasteiger partial charge in [-0.2, -0.15) is 0 Å². The van der Waals surface area contributed by atoms with Gasteiger partial charge in [0.05, 0.1) is 12.6 Å². The number of carbonyl (C=O) groups is 2. The van der Waals surface area contributed by atoms with E-state index in [2.05, 4.69) is 5.32 Å². The van der Waals surface area contributed by atoms with E-state index in [1.807, 2.05) is 67.6 Å². The highest BCUT2D eigenvalue weighted by Crippen LogP contribution is 2.31. The molecule has 0 saturated carbocycles. The fourth-order valence-electron chi connectivity index (χ4n) is 3.98. The topological polar surface area (TPSA) is 78.9 Å². The molecule has 1 heterocycles. The van der Waals surface area contributed by atoms with Crippen molar-refractivity contribution < 1.29 is 19.4 Å². The number of aliphatic hydroxyl groups excluding tert-OH is 1. The molecule has 6 heteroatoms. The Morgan fingerprint density at radius 1 is 1.03 bits per heavy atom. The van der Waals surface area contributed by atoms with Gasteiger partial charge in [-0.3, -0.25) is 9.59 Å². The number of hydrogen-bond acceptors (Lipinski definition) is 4. The summed E-state index contributed by atoms with van der Waals surface area (Å²) >= 11 is 0. The summed E-state index contributed by atoms with van der Waals surface area (Å²) in [6, 6.07) is 23.9. The number of benzene rings is 3. The lowest BCUT2D eigenvalue weighted by molar-refractivity contribution is -0.162. The molecule has 2 unspecified atom stereocenters. The van der Waals surface area contributed by atoms with Gasteiger partial charge >= 0.3 is 0 Å². The molecule has 0 spiro atoms. The zero-order valence-electron chi connectivity index (χ0n) is 17.9. The smallest absolute Gasteiger partial charge is 0.255 e. The van der Waals surface area contributed by atoms with E-state index in [0.29, 0.717) is 17.8 Å². The molecule has 1 saturated heterocycles. The molecule has 4 rings (SSSR count). The van der Waals surface area contributed by atoms with Crippen LogP contribution < -0.4 is 5.32 Å². The molecule has 0 radical (unpaired) electrons. The minimum absolute atomic E-state index is 0.0419. The van der Waals surface area contributed by atoms with Crippen LogP contribution in [0, 0.1) is 6.92 Å². The Hall–Kier alpha value is -3.48. The zero-order valence-corrected chi connectivity index (χ0v) is 17.9. The summed E-state index contributed by atoms with van der Waals surface area (Å²) in [6.07, 6.45) is -0.456. The summed E-state index contributed by atoms with van der Waals surface area (Å²) in [5.41, 5.74) is 4.03. The van der Waals surface area contributed by atoms with Gasteiger partial charge in [-0.05, 0) is 41.8 Å². The number of morpholine rings is 1. The molecule has 0 aromatic heterocycles. The van der Waals surface area contributed by atoms with Crippen LogP contribution in [0.4, 0.5) is 5.69 Å². The normalized spacial score (nSPS) is 18.4. The van der Waals surface area contributed by atoms with Crippen molar-refractivity contribution in [2.24, 2.45) is 0 Å². The summed E-state index contributed by atoms with van der Waals surface area (Å²) in [5, 5.41) is 13.0. The summed E-state index contributed by atoms with van der Waals surface area (Å²) in [7, 11) is 0. The molecule has 0 aliphatic carbocycles. The van der Waals surface area contributed by atoms with E-state index in [9.17, 15) is 14.7 Å². The Balaban J connectivity index is 1.49. The van der Waals surface area contributed by atoms with E-state index < -0.39 is 12.1 Å². The standard InChI is InChI=1S/C26H26N2O4/c1-18-7-5-6-10-22(18)26(31)27-21-13-11-20(12-14-21)25-23(16-29)28(24(30)17-32-25)15-19-8-3-2-4-9-19/h2-14,23,25,29H,15-17H2,1H3,(H,27,31). The monoisotopic (exact) mass is 430 g/mol. The van der Waals surface area contributed by atoms with Gasteiger partial charge in [-0.15, -0.1) is 0 Å². The number of anilines is 1. The van der Waals surface area contributed by atoms with E-state index in [-0.39, 0.29) is 25.0 Å². The predicted molar refractivity (Wildman–Crippen MR) is 122 cm³/mol. The fraction of sp³-hybridized carbons (Fsp3) is 0.231. The lowest BCUT2D eigenvalue weighted by Crippen LogP contribution is -2.52. The number of hydrogen-bond donors (Lipinski definition) is 2. The Morgan fingerprint density at radius 2 is 1.72 bits per heavy atom. The quantitative estimate of drug-likeness (QED) is 0.625. The molecule has 32 heavy (non-hydrogen) atoms. The first-order chi connectivity index (χ1) is 15.6. The van der Waals surface area contributed by atoms with E-state index >= 15 is 0 Å². The zero-order chi connectivity index (χ0) is 22.5. The summed E-state index contributed by atoms with van der Waals surface area (Å²) < 4.78 is 5.82. The first-order valence-corrected chi connectivity index (χ1v) is 10.6. The molecule has 2 atom stereocenters. The maximum absolute atomic E-state index is 12.6. The van der Waals surface area contributed by atoms with Gasteiger partial charge in [0.1, 0.15) is 12.7 Å². The number of rotatable bonds is 6. The minimum atomic E-state index is -0.496. The summed E-state index contributed by atoms with van der Waals surface area (Å²) in [4.78, 5) is 26.8. The van der Waals surface area contributed by atoms with Gasteiger partial charge in [-0.1, -0.05) is 60.7 Å². The summed E-state index contributed by atoms with van der Waals surface area (Å²) in [6.45, 7) is 2.06. The molecule has 164 valence electrons. The average Bonchev–Trinajstić information content (AvgIpc) is 2.82. The van der Waals surface area contributed by atoms with Crippen LogP contribution in [-0.4, -0.2) is 41.1 Å². The van der Waals surface area contributed by atoms with Crippen LogP contribution in [0.1, 0.15) is 33.2 Å². The molecule has 0 bridgehead atoms. The highest BCUT2D eigenvalue weighted by molar-refractivity contribution is 6.05. The number of nitrogens with one attached hydrogen (secondary N) is 1. The number of ether oxygens (including phenoxy) is 1. The van der Waals surface area contributed by atoms with Gasteiger partial charge in [0.2, 0.25) is 5.91 Å². The van der Waals surface area contributed by atoms with E-state index in [1.165, 1.54) is 0 Å². The minimum Gasteiger partial charge on any atom is -0.394 e. The molecule has 3 aromatic carbocycles. The molecule has 1 fully saturated rings. The predicted octanol–water partition coefficient (Wildman–Crippen LogP) is 3.71. The average molecular weight is 431 g/mol. The highest BCUT2D eigenvalue weighted by atomic mass is 16.5. The van der Waals surface area contributed by atoms with Crippen LogP contribution in [0.25, 0.3) is 0 Å². The van der Waals surface area contributed by atoms with Crippen molar-refractivity contribution in [3.63, 3.8) is 0 Å². The van der Waals surface area contributed by atoms with Crippen molar-refractivity contribution in [2.45, 2.75) is 25.6 Å². The van der Waals surface area contributed by atoms with Gasteiger partial charge in [-0.25, -0.2) is 0 Å². The number of aryl methyl sites for hydroxylation is 1. The molecular weight excluding hydrogens is 404 g/mol. The van der Waals surface area contributed by atoms with Crippen molar-refractivity contribution in [1.82, 2.24) is 4.90 Å². The van der Waals surface area contributed by atoms with E-state index in [0.717, 1.165) is 16.7 Å². The van der Waals surface area contributed by atoms with Crippen LogP contribution in [0.5, 0.6) is 0 Å². The van der Waals surface area contributed by atoms with E-state index in [1.54, 1.807) is 23.1 Å². The van der Waals surface area contributed by atoms with Crippen LogP contribution in [-0.2, 0) is 16.1 Å². The van der Waals surface area contributed by atoms with Crippen LogP contribution in [0.2, 0.25) is 0 Å². The summed E-state index contributed by atoms with van der Waals surface area (Å²) in [5.74, 6) is -0.316. The van der Waals surface area contributed by atoms with Gasteiger partial charge < -0.3 is 20.1 Å². The molecule has 1 aliphatic heterocycles. The number of nitrogens with zero attached hydrogens (tertiary/aromatic N) is 1. The first-order valence-electron chi connectivity index (χ1n) is 10.6.